The number of fused-ring (bicyclic) bond motifs is 1. The lowest BCUT2D eigenvalue weighted by Gasteiger charge is -2.28. The molecule has 0 radical (unpaired) electrons. The van der Waals surface area contributed by atoms with Gasteiger partial charge < -0.3 is 15.1 Å². The minimum atomic E-state index is 0.0878. The Morgan fingerprint density at radius 2 is 1.76 bits per heavy atom. The van der Waals surface area contributed by atoms with Gasteiger partial charge in [0.1, 0.15) is 0 Å². The van der Waals surface area contributed by atoms with E-state index in [2.05, 4.69) is 23.6 Å². The molecule has 2 aliphatic rings. The van der Waals surface area contributed by atoms with Crippen molar-refractivity contribution in [1.82, 2.24) is 15.1 Å². The fourth-order valence-electron chi connectivity index (χ4n) is 3.69. The van der Waals surface area contributed by atoms with Gasteiger partial charge in [-0.2, -0.15) is 5.26 Å². The van der Waals surface area contributed by atoms with Crippen LogP contribution in [0.3, 0.4) is 0 Å². The highest BCUT2D eigenvalue weighted by atomic mass is 16.2. The number of carbonyl (C=O) groups excluding carboxylic acids is 1. The molecule has 126 valence electrons. The zero-order valence-electron chi connectivity index (χ0n) is 14.0. The van der Waals surface area contributed by atoms with Crippen molar-refractivity contribution in [3.63, 3.8) is 0 Å². The molecule has 0 bridgehead atoms. The van der Waals surface area contributed by atoms with Crippen molar-refractivity contribution in [2.45, 2.75) is 13.1 Å². The summed E-state index contributed by atoms with van der Waals surface area (Å²) in [6.45, 7) is 4.41. The molecule has 5 nitrogen and oxygen atoms in total. The SMILES string of the molecule is N#CN1Cc2cccc(-c3ccccc3C(=O)N3CCNCC3)c2C1. The summed E-state index contributed by atoms with van der Waals surface area (Å²) in [5, 5.41) is 12.5. The maximum Gasteiger partial charge on any atom is 0.254 e. The van der Waals surface area contributed by atoms with Gasteiger partial charge in [-0.25, -0.2) is 0 Å². The van der Waals surface area contributed by atoms with E-state index in [0.29, 0.717) is 13.1 Å². The van der Waals surface area contributed by atoms with Crippen molar-refractivity contribution in [2.24, 2.45) is 0 Å². The van der Waals surface area contributed by atoms with Crippen LogP contribution in [0.4, 0.5) is 0 Å². The summed E-state index contributed by atoms with van der Waals surface area (Å²) < 4.78 is 0. The molecule has 2 aromatic carbocycles. The molecule has 0 saturated carbocycles. The molecule has 2 aromatic rings. The van der Waals surface area contributed by atoms with Crippen LogP contribution in [0.25, 0.3) is 11.1 Å². The molecule has 0 aromatic heterocycles. The van der Waals surface area contributed by atoms with Crippen molar-refractivity contribution in [1.29, 1.82) is 5.26 Å². The second-order valence-electron chi connectivity index (χ2n) is 6.49. The minimum absolute atomic E-state index is 0.0878. The smallest absolute Gasteiger partial charge is 0.254 e. The third kappa shape index (κ3) is 2.86. The number of nitrogens with one attached hydrogen (secondary N) is 1. The molecule has 25 heavy (non-hydrogen) atoms. The molecule has 1 N–H and O–H groups in total. The van der Waals surface area contributed by atoms with Gasteiger partial charge >= 0.3 is 0 Å². The van der Waals surface area contributed by atoms with Crippen molar-refractivity contribution < 1.29 is 4.79 Å². The van der Waals surface area contributed by atoms with Crippen molar-refractivity contribution in [3.05, 3.63) is 59.2 Å². The summed E-state index contributed by atoms with van der Waals surface area (Å²) in [5.74, 6) is 0.0878. The third-order valence-corrected chi connectivity index (χ3v) is 4.98. The van der Waals surface area contributed by atoms with Crippen LogP contribution < -0.4 is 5.32 Å². The summed E-state index contributed by atoms with van der Waals surface area (Å²) in [6, 6.07) is 14.0. The van der Waals surface area contributed by atoms with Gasteiger partial charge in [0.15, 0.2) is 6.19 Å². The zero-order valence-corrected chi connectivity index (χ0v) is 14.0. The molecule has 1 amide bonds. The monoisotopic (exact) mass is 332 g/mol. The molecule has 1 fully saturated rings. The van der Waals surface area contributed by atoms with Gasteiger partial charge in [0, 0.05) is 31.7 Å². The van der Waals surface area contributed by atoms with E-state index in [9.17, 15) is 10.1 Å². The highest BCUT2D eigenvalue weighted by Crippen LogP contribution is 2.34. The molecule has 4 rings (SSSR count). The van der Waals surface area contributed by atoms with Crippen LogP contribution in [0.5, 0.6) is 0 Å². The second-order valence-corrected chi connectivity index (χ2v) is 6.49. The van der Waals surface area contributed by atoms with Crippen molar-refractivity contribution >= 4 is 5.91 Å². The van der Waals surface area contributed by atoms with Crippen LogP contribution in [0, 0.1) is 11.5 Å². The lowest BCUT2D eigenvalue weighted by atomic mass is 9.93. The number of nitrogens with zero attached hydrogens (tertiary/aromatic N) is 3. The molecule has 0 unspecified atom stereocenters. The Kier molecular flexibility index (Phi) is 4.12. The number of amides is 1. The number of hydrogen-bond acceptors (Lipinski definition) is 4. The van der Waals surface area contributed by atoms with Gasteiger partial charge in [0.05, 0.1) is 13.1 Å². The minimum Gasteiger partial charge on any atom is -0.336 e. The Balaban J connectivity index is 1.75. The lowest BCUT2D eigenvalue weighted by Crippen LogP contribution is -2.46. The number of hydrogen-bond donors (Lipinski definition) is 1. The molecule has 1 saturated heterocycles. The van der Waals surface area contributed by atoms with Crippen LogP contribution in [0.2, 0.25) is 0 Å². The first kappa shape index (κ1) is 15.7. The Morgan fingerprint density at radius 3 is 2.56 bits per heavy atom. The van der Waals surface area contributed by atoms with Gasteiger partial charge in [0.2, 0.25) is 0 Å². The van der Waals surface area contributed by atoms with Gasteiger partial charge in [-0.15, -0.1) is 0 Å². The summed E-state index contributed by atoms with van der Waals surface area (Å²) in [6.07, 6.45) is 2.23. The molecule has 5 heteroatoms. The summed E-state index contributed by atoms with van der Waals surface area (Å²) in [7, 11) is 0. The van der Waals surface area contributed by atoms with E-state index in [4.69, 9.17) is 0 Å². The highest BCUT2D eigenvalue weighted by Gasteiger charge is 2.25. The predicted octanol–water partition coefficient (Wildman–Crippen LogP) is 2.20. The van der Waals surface area contributed by atoms with E-state index >= 15 is 0 Å². The van der Waals surface area contributed by atoms with Crippen molar-refractivity contribution in [2.75, 3.05) is 26.2 Å². The first-order valence-electron chi connectivity index (χ1n) is 8.63. The van der Waals surface area contributed by atoms with Gasteiger partial charge in [0.25, 0.3) is 5.91 Å². The van der Waals surface area contributed by atoms with Crippen LogP contribution in [0.15, 0.2) is 42.5 Å². The Bertz CT molecular complexity index is 849. The molecule has 2 aliphatic heterocycles. The third-order valence-electron chi connectivity index (χ3n) is 4.98. The number of piperazine rings is 1. The normalized spacial score (nSPS) is 16.4. The van der Waals surface area contributed by atoms with Crippen LogP contribution >= 0.6 is 0 Å². The number of nitriles is 1. The fraction of sp³-hybridized carbons (Fsp3) is 0.300. The topological polar surface area (TPSA) is 59.4 Å². The summed E-state index contributed by atoms with van der Waals surface area (Å²) >= 11 is 0. The Morgan fingerprint density at radius 1 is 1.00 bits per heavy atom. The van der Waals surface area contributed by atoms with E-state index in [1.807, 2.05) is 35.2 Å². The van der Waals surface area contributed by atoms with E-state index in [1.54, 1.807) is 4.90 Å². The maximum absolute atomic E-state index is 13.0. The van der Waals surface area contributed by atoms with Gasteiger partial charge in [-0.1, -0.05) is 36.4 Å². The van der Waals surface area contributed by atoms with Crippen LogP contribution in [-0.4, -0.2) is 41.9 Å². The number of benzene rings is 2. The predicted molar refractivity (Wildman–Crippen MR) is 95.5 cm³/mol. The first-order valence-corrected chi connectivity index (χ1v) is 8.63. The largest absolute Gasteiger partial charge is 0.336 e. The maximum atomic E-state index is 13.0. The standard InChI is InChI=1S/C20H20N4O/c21-14-23-12-15-4-3-7-17(19(15)13-23)16-5-1-2-6-18(16)20(25)24-10-8-22-9-11-24/h1-7,22H,8-13H2. The molecular formula is C20H20N4O. The van der Waals surface area contributed by atoms with Crippen LogP contribution in [0.1, 0.15) is 21.5 Å². The number of rotatable bonds is 2. The average molecular weight is 332 g/mol. The van der Waals surface area contributed by atoms with Crippen molar-refractivity contribution in [3.8, 4) is 17.3 Å². The van der Waals surface area contributed by atoms with Gasteiger partial charge in [-0.05, 0) is 28.3 Å². The lowest BCUT2D eigenvalue weighted by molar-refractivity contribution is 0.0736. The summed E-state index contributed by atoms with van der Waals surface area (Å²) in [5.41, 5.74) is 5.10. The first-order chi connectivity index (χ1) is 12.3. The number of carbonyl (C=O) groups is 1. The molecule has 0 atom stereocenters. The van der Waals surface area contributed by atoms with Gasteiger partial charge in [-0.3, -0.25) is 4.79 Å². The molecular weight excluding hydrogens is 312 g/mol. The second kappa shape index (κ2) is 6.58. The average Bonchev–Trinajstić information content (AvgIpc) is 3.11. The molecule has 2 heterocycles. The van der Waals surface area contributed by atoms with E-state index in [-0.39, 0.29) is 5.91 Å². The summed E-state index contributed by atoms with van der Waals surface area (Å²) in [4.78, 5) is 16.7. The quantitative estimate of drug-likeness (QED) is 0.857. The zero-order chi connectivity index (χ0) is 17.2. The van der Waals surface area contributed by atoms with E-state index < -0.39 is 0 Å². The fourth-order valence-corrected chi connectivity index (χ4v) is 3.69. The molecule has 0 spiro atoms. The Hall–Kier alpha value is -2.84. The van der Waals surface area contributed by atoms with Crippen LogP contribution in [-0.2, 0) is 13.1 Å². The Labute approximate surface area is 147 Å². The molecule has 0 aliphatic carbocycles. The van der Waals surface area contributed by atoms with E-state index in [1.165, 1.54) is 5.56 Å². The highest BCUT2D eigenvalue weighted by molar-refractivity contribution is 6.01. The van der Waals surface area contributed by atoms with E-state index in [0.717, 1.165) is 48.4 Å².